The predicted molar refractivity (Wildman–Crippen MR) is 63.3 cm³/mol. The molecule has 1 saturated heterocycles. The molecule has 0 radical (unpaired) electrons. The molecule has 1 aliphatic heterocycles. The van der Waals surface area contributed by atoms with Crippen LogP contribution in [0.5, 0.6) is 0 Å². The molecule has 1 fully saturated rings. The second-order valence-electron chi connectivity index (χ2n) is 3.49. The van der Waals surface area contributed by atoms with E-state index < -0.39 is 0 Å². The summed E-state index contributed by atoms with van der Waals surface area (Å²) in [6.07, 6.45) is 2.04. The summed E-state index contributed by atoms with van der Waals surface area (Å²) >= 11 is 4.79. The van der Waals surface area contributed by atoms with Crippen molar-refractivity contribution in [2.75, 3.05) is 13.2 Å². The van der Waals surface area contributed by atoms with Gasteiger partial charge in [0, 0.05) is 6.61 Å². The average molecular weight is 290 g/mol. The summed E-state index contributed by atoms with van der Waals surface area (Å²) < 4.78 is 6.28. The topological polar surface area (TPSA) is 38.3 Å². The van der Waals surface area contributed by atoms with Gasteiger partial charge < -0.3 is 10.1 Å². The third kappa shape index (κ3) is 3.03. The quantitative estimate of drug-likeness (QED) is 0.908. The Balaban J connectivity index is 1.91. The Bertz CT molecular complexity index is 347. The lowest BCUT2D eigenvalue weighted by molar-refractivity contribution is 0.0626. The van der Waals surface area contributed by atoms with Crippen LogP contribution < -0.4 is 5.32 Å². The summed E-state index contributed by atoms with van der Waals surface area (Å²) in [5.41, 5.74) is 0. The lowest BCUT2D eigenvalue weighted by Gasteiger charge is -2.22. The SMILES string of the molecule is O=C(N[C@@H]1CCCOC1)c1ccc(Br)s1. The number of hydrogen-bond acceptors (Lipinski definition) is 3. The molecule has 1 N–H and O–H groups in total. The van der Waals surface area contributed by atoms with E-state index in [1.165, 1.54) is 11.3 Å². The van der Waals surface area contributed by atoms with Crippen LogP contribution in [0.3, 0.4) is 0 Å². The Morgan fingerprint density at radius 1 is 1.60 bits per heavy atom. The van der Waals surface area contributed by atoms with Gasteiger partial charge in [0.15, 0.2) is 0 Å². The van der Waals surface area contributed by atoms with Crippen LogP contribution >= 0.6 is 27.3 Å². The average Bonchev–Trinajstić information content (AvgIpc) is 2.66. The van der Waals surface area contributed by atoms with E-state index in [1.54, 1.807) is 0 Å². The van der Waals surface area contributed by atoms with E-state index in [4.69, 9.17) is 4.74 Å². The summed E-state index contributed by atoms with van der Waals surface area (Å²) in [7, 11) is 0. The minimum absolute atomic E-state index is 0.00111. The zero-order valence-corrected chi connectivity index (χ0v) is 10.6. The number of ether oxygens (including phenoxy) is 1. The summed E-state index contributed by atoms with van der Waals surface area (Å²) in [6, 6.07) is 3.89. The van der Waals surface area contributed by atoms with Gasteiger partial charge in [0.1, 0.15) is 0 Å². The second kappa shape index (κ2) is 5.09. The van der Waals surface area contributed by atoms with Crippen LogP contribution in [0.4, 0.5) is 0 Å². The number of carbonyl (C=O) groups excluding carboxylic acids is 1. The molecule has 1 aromatic rings. The van der Waals surface area contributed by atoms with Crippen molar-refractivity contribution in [2.45, 2.75) is 18.9 Å². The zero-order valence-electron chi connectivity index (χ0n) is 8.16. The second-order valence-corrected chi connectivity index (χ2v) is 5.95. The monoisotopic (exact) mass is 289 g/mol. The van der Waals surface area contributed by atoms with Crippen molar-refractivity contribution >= 4 is 33.2 Å². The Morgan fingerprint density at radius 3 is 3.07 bits per heavy atom. The summed E-state index contributed by atoms with van der Waals surface area (Å²) in [5, 5.41) is 2.97. The molecule has 0 spiro atoms. The Morgan fingerprint density at radius 2 is 2.47 bits per heavy atom. The fourth-order valence-electron chi connectivity index (χ4n) is 1.55. The van der Waals surface area contributed by atoms with Crippen molar-refractivity contribution in [3.63, 3.8) is 0 Å². The number of halogens is 1. The lowest BCUT2D eigenvalue weighted by Crippen LogP contribution is -2.40. The van der Waals surface area contributed by atoms with Gasteiger partial charge in [-0.25, -0.2) is 0 Å². The standard InChI is InChI=1S/C10H12BrNO2S/c11-9-4-3-8(15-9)10(13)12-7-2-1-5-14-6-7/h3-4,7H,1-2,5-6H2,(H,12,13)/t7-/m1/s1. The summed E-state index contributed by atoms with van der Waals surface area (Å²) in [4.78, 5) is 12.5. The molecule has 1 amide bonds. The van der Waals surface area contributed by atoms with E-state index in [-0.39, 0.29) is 11.9 Å². The zero-order chi connectivity index (χ0) is 10.7. The third-order valence-corrected chi connectivity index (χ3v) is 3.91. The highest BCUT2D eigenvalue weighted by atomic mass is 79.9. The van der Waals surface area contributed by atoms with Crippen molar-refractivity contribution in [3.8, 4) is 0 Å². The highest BCUT2D eigenvalue weighted by Gasteiger charge is 2.17. The first-order chi connectivity index (χ1) is 7.25. The number of thiophene rings is 1. The number of rotatable bonds is 2. The van der Waals surface area contributed by atoms with Crippen LogP contribution in [0.15, 0.2) is 15.9 Å². The predicted octanol–water partition coefficient (Wildman–Crippen LogP) is 2.42. The Kier molecular flexibility index (Phi) is 3.77. The maximum absolute atomic E-state index is 11.7. The molecule has 82 valence electrons. The van der Waals surface area contributed by atoms with Gasteiger partial charge in [-0.2, -0.15) is 0 Å². The molecular weight excluding hydrogens is 278 g/mol. The first-order valence-electron chi connectivity index (χ1n) is 4.89. The molecule has 1 atom stereocenters. The van der Waals surface area contributed by atoms with Crippen LogP contribution in [-0.4, -0.2) is 25.2 Å². The largest absolute Gasteiger partial charge is 0.379 e. The molecule has 0 saturated carbocycles. The molecule has 1 aromatic heterocycles. The van der Waals surface area contributed by atoms with E-state index >= 15 is 0 Å². The van der Waals surface area contributed by atoms with Gasteiger partial charge in [0.05, 0.1) is 21.3 Å². The normalized spacial score (nSPS) is 21.3. The molecule has 0 aromatic carbocycles. The van der Waals surface area contributed by atoms with E-state index in [0.29, 0.717) is 6.61 Å². The molecule has 5 heteroatoms. The number of hydrogen-bond donors (Lipinski definition) is 1. The van der Waals surface area contributed by atoms with Crippen molar-refractivity contribution in [1.29, 1.82) is 0 Å². The van der Waals surface area contributed by atoms with Crippen LogP contribution in [0, 0.1) is 0 Å². The molecule has 0 aliphatic carbocycles. The van der Waals surface area contributed by atoms with Crippen molar-refractivity contribution in [3.05, 3.63) is 20.8 Å². The van der Waals surface area contributed by atoms with Gasteiger partial charge in [0.25, 0.3) is 5.91 Å². The van der Waals surface area contributed by atoms with Gasteiger partial charge in [0.2, 0.25) is 0 Å². The number of nitrogens with one attached hydrogen (secondary N) is 1. The molecular formula is C10H12BrNO2S. The Hall–Kier alpha value is -0.390. The van der Waals surface area contributed by atoms with Gasteiger partial charge >= 0.3 is 0 Å². The highest BCUT2D eigenvalue weighted by Crippen LogP contribution is 2.22. The lowest BCUT2D eigenvalue weighted by atomic mass is 10.1. The maximum Gasteiger partial charge on any atom is 0.261 e. The molecule has 1 aliphatic rings. The van der Waals surface area contributed by atoms with E-state index in [0.717, 1.165) is 28.1 Å². The molecule has 15 heavy (non-hydrogen) atoms. The van der Waals surface area contributed by atoms with E-state index in [2.05, 4.69) is 21.2 Å². The van der Waals surface area contributed by atoms with Gasteiger partial charge in [-0.1, -0.05) is 0 Å². The smallest absolute Gasteiger partial charge is 0.261 e. The van der Waals surface area contributed by atoms with Crippen LogP contribution in [0.25, 0.3) is 0 Å². The van der Waals surface area contributed by atoms with Crippen molar-refractivity contribution in [1.82, 2.24) is 5.32 Å². The van der Waals surface area contributed by atoms with Crippen LogP contribution in [0.2, 0.25) is 0 Å². The third-order valence-electron chi connectivity index (χ3n) is 2.29. The molecule has 0 unspecified atom stereocenters. The molecule has 2 rings (SSSR count). The first-order valence-corrected chi connectivity index (χ1v) is 6.50. The fraction of sp³-hybridized carbons (Fsp3) is 0.500. The highest BCUT2D eigenvalue weighted by molar-refractivity contribution is 9.11. The van der Waals surface area contributed by atoms with Crippen molar-refractivity contribution < 1.29 is 9.53 Å². The summed E-state index contributed by atoms with van der Waals surface area (Å²) in [6.45, 7) is 1.45. The van der Waals surface area contributed by atoms with Crippen molar-refractivity contribution in [2.24, 2.45) is 0 Å². The van der Waals surface area contributed by atoms with Crippen LogP contribution in [0.1, 0.15) is 22.5 Å². The minimum atomic E-state index is 0.00111. The van der Waals surface area contributed by atoms with E-state index in [9.17, 15) is 4.79 Å². The molecule has 0 bridgehead atoms. The van der Waals surface area contributed by atoms with Gasteiger partial charge in [-0.15, -0.1) is 11.3 Å². The van der Waals surface area contributed by atoms with Gasteiger partial charge in [-0.3, -0.25) is 4.79 Å². The molecule has 2 heterocycles. The fourth-order valence-corrected chi connectivity index (χ4v) is 2.84. The maximum atomic E-state index is 11.7. The minimum Gasteiger partial charge on any atom is -0.379 e. The van der Waals surface area contributed by atoms with Crippen LogP contribution in [-0.2, 0) is 4.74 Å². The molecule has 3 nitrogen and oxygen atoms in total. The Labute approximate surface area is 101 Å². The number of amides is 1. The van der Waals surface area contributed by atoms with E-state index in [1.807, 2.05) is 12.1 Å². The summed E-state index contributed by atoms with van der Waals surface area (Å²) in [5.74, 6) is 0.00111. The van der Waals surface area contributed by atoms with Gasteiger partial charge in [-0.05, 0) is 40.9 Å². The first kappa shape index (κ1) is 11.1. The number of carbonyl (C=O) groups is 1.